The minimum atomic E-state index is -0.131. The summed E-state index contributed by atoms with van der Waals surface area (Å²) in [7, 11) is 1.60. The van der Waals surface area contributed by atoms with Gasteiger partial charge in [0.15, 0.2) is 5.96 Å². The predicted molar refractivity (Wildman–Crippen MR) is 141 cm³/mol. The van der Waals surface area contributed by atoms with E-state index in [0.29, 0.717) is 24.6 Å². The lowest BCUT2D eigenvalue weighted by Crippen LogP contribution is -2.46. The second-order valence-electron chi connectivity index (χ2n) is 8.49. The molecule has 1 unspecified atom stereocenters. The highest BCUT2D eigenvalue weighted by molar-refractivity contribution is 14.0. The molecule has 3 rings (SSSR count). The molecule has 3 N–H and O–H groups in total. The second kappa shape index (κ2) is 14.3. The lowest BCUT2D eigenvalue weighted by molar-refractivity contribution is -0.135. The van der Waals surface area contributed by atoms with Crippen molar-refractivity contribution < 1.29 is 14.3 Å². The summed E-state index contributed by atoms with van der Waals surface area (Å²) in [6.45, 7) is 5.23. The predicted octanol–water partition coefficient (Wildman–Crippen LogP) is 2.78. The van der Waals surface area contributed by atoms with Crippen LogP contribution in [0.4, 0.5) is 0 Å². The SMILES string of the molecule is CCNC(=NCCNC(=O)c1ccc(OC)cc1)NC1CCN(C(=O)C2CCCCC2)C1.I. The average molecular weight is 572 g/mol. The molecule has 33 heavy (non-hydrogen) atoms. The number of amides is 2. The average Bonchev–Trinajstić information content (AvgIpc) is 3.30. The highest BCUT2D eigenvalue weighted by atomic mass is 127. The van der Waals surface area contributed by atoms with Crippen LogP contribution in [-0.2, 0) is 4.79 Å². The molecule has 1 saturated carbocycles. The standard InChI is InChI=1S/C24H37N5O3.HI/c1-3-25-24(27-15-14-26-22(30)18-9-11-21(32-2)12-10-18)28-20-13-16-29(17-20)23(31)19-7-5-4-6-8-19;/h9-12,19-20H,3-8,13-17H2,1-2H3,(H,26,30)(H2,25,27,28);1H. The molecule has 1 aromatic carbocycles. The number of rotatable bonds is 8. The first-order valence-electron chi connectivity index (χ1n) is 11.9. The summed E-state index contributed by atoms with van der Waals surface area (Å²) < 4.78 is 5.12. The first-order valence-corrected chi connectivity index (χ1v) is 11.9. The topological polar surface area (TPSA) is 95.1 Å². The first kappa shape index (κ1) is 27.2. The Balaban J connectivity index is 0.00000385. The van der Waals surface area contributed by atoms with Crippen molar-refractivity contribution in [3.05, 3.63) is 29.8 Å². The number of halogens is 1. The number of carbonyl (C=O) groups is 2. The maximum atomic E-state index is 12.8. The summed E-state index contributed by atoms with van der Waals surface area (Å²) in [6.07, 6.45) is 6.63. The third-order valence-corrected chi connectivity index (χ3v) is 6.16. The molecule has 0 radical (unpaired) electrons. The normalized spacial score (nSPS) is 18.9. The Hall–Kier alpha value is -2.04. The van der Waals surface area contributed by atoms with Crippen LogP contribution >= 0.6 is 24.0 Å². The Morgan fingerprint density at radius 3 is 2.48 bits per heavy atom. The molecule has 1 atom stereocenters. The molecule has 2 fully saturated rings. The van der Waals surface area contributed by atoms with Gasteiger partial charge >= 0.3 is 0 Å². The maximum absolute atomic E-state index is 12.8. The second-order valence-corrected chi connectivity index (χ2v) is 8.49. The van der Waals surface area contributed by atoms with Crippen molar-refractivity contribution in [2.24, 2.45) is 10.9 Å². The zero-order chi connectivity index (χ0) is 22.8. The van der Waals surface area contributed by atoms with Gasteiger partial charge in [-0.15, -0.1) is 24.0 Å². The molecule has 9 heteroatoms. The van der Waals surface area contributed by atoms with Gasteiger partial charge in [-0.25, -0.2) is 0 Å². The number of benzene rings is 1. The maximum Gasteiger partial charge on any atom is 0.251 e. The molecule has 2 aliphatic rings. The minimum Gasteiger partial charge on any atom is -0.497 e. The molecule has 2 amide bonds. The lowest BCUT2D eigenvalue weighted by atomic mass is 9.88. The number of hydrogen-bond acceptors (Lipinski definition) is 4. The molecule has 1 heterocycles. The summed E-state index contributed by atoms with van der Waals surface area (Å²) >= 11 is 0. The Morgan fingerprint density at radius 1 is 1.09 bits per heavy atom. The van der Waals surface area contributed by atoms with Crippen molar-refractivity contribution in [1.29, 1.82) is 0 Å². The summed E-state index contributed by atoms with van der Waals surface area (Å²) in [5.41, 5.74) is 0.591. The van der Waals surface area contributed by atoms with Crippen molar-refractivity contribution in [2.75, 3.05) is 39.8 Å². The fourth-order valence-electron chi connectivity index (χ4n) is 4.38. The van der Waals surface area contributed by atoms with Crippen LogP contribution in [0.5, 0.6) is 5.75 Å². The van der Waals surface area contributed by atoms with Crippen molar-refractivity contribution >= 4 is 41.8 Å². The zero-order valence-electron chi connectivity index (χ0n) is 19.8. The van der Waals surface area contributed by atoms with Crippen LogP contribution in [0, 0.1) is 5.92 Å². The number of nitrogens with zero attached hydrogens (tertiary/aromatic N) is 2. The Morgan fingerprint density at radius 2 is 1.82 bits per heavy atom. The van der Waals surface area contributed by atoms with Gasteiger partial charge in [-0.3, -0.25) is 14.6 Å². The fourth-order valence-corrected chi connectivity index (χ4v) is 4.38. The smallest absolute Gasteiger partial charge is 0.251 e. The molecule has 0 aromatic heterocycles. The van der Waals surface area contributed by atoms with E-state index in [2.05, 4.69) is 20.9 Å². The first-order chi connectivity index (χ1) is 15.6. The van der Waals surface area contributed by atoms with Gasteiger partial charge in [0.2, 0.25) is 5.91 Å². The van der Waals surface area contributed by atoms with Crippen LogP contribution in [-0.4, -0.2) is 68.5 Å². The molecule has 0 spiro atoms. The summed E-state index contributed by atoms with van der Waals surface area (Å²) in [4.78, 5) is 31.7. The molecule has 1 aliphatic heterocycles. The largest absolute Gasteiger partial charge is 0.497 e. The van der Waals surface area contributed by atoms with E-state index in [1.807, 2.05) is 11.8 Å². The summed E-state index contributed by atoms with van der Waals surface area (Å²) in [6, 6.07) is 7.22. The van der Waals surface area contributed by atoms with Crippen molar-refractivity contribution in [3.8, 4) is 5.75 Å². The number of nitrogens with one attached hydrogen (secondary N) is 3. The number of carbonyl (C=O) groups excluding carboxylic acids is 2. The molecular formula is C24H38IN5O3. The minimum absolute atomic E-state index is 0. The van der Waals surface area contributed by atoms with Crippen LogP contribution < -0.4 is 20.7 Å². The van der Waals surface area contributed by atoms with E-state index in [1.165, 1.54) is 19.3 Å². The number of hydrogen-bond donors (Lipinski definition) is 3. The number of ether oxygens (including phenoxy) is 1. The Bertz CT molecular complexity index is 781. The van der Waals surface area contributed by atoms with Crippen molar-refractivity contribution in [3.63, 3.8) is 0 Å². The highest BCUT2D eigenvalue weighted by Crippen LogP contribution is 2.26. The van der Waals surface area contributed by atoms with Crippen LogP contribution in [0.3, 0.4) is 0 Å². The number of methoxy groups -OCH3 is 1. The van der Waals surface area contributed by atoms with Gasteiger partial charge < -0.3 is 25.6 Å². The molecule has 0 bridgehead atoms. The van der Waals surface area contributed by atoms with Crippen LogP contribution in [0.25, 0.3) is 0 Å². The van der Waals surface area contributed by atoms with E-state index < -0.39 is 0 Å². The van der Waals surface area contributed by atoms with E-state index in [0.717, 1.165) is 50.6 Å². The molecule has 1 aromatic rings. The van der Waals surface area contributed by atoms with E-state index in [4.69, 9.17) is 4.74 Å². The van der Waals surface area contributed by atoms with Gasteiger partial charge in [0.1, 0.15) is 5.75 Å². The quantitative estimate of drug-likeness (QED) is 0.193. The molecular weight excluding hydrogens is 533 g/mol. The van der Waals surface area contributed by atoms with Crippen LogP contribution in [0.2, 0.25) is 0 Å². The van der Waals surface area contributed by atoms with Crippen LogP contribution in [0.15, 0.2) is 29.3 Å². The third kappa shape index (κ3) is 8.35. The highest BCUT2D eigenvalue weighted by Gasteiger charge is 2.31. The van der Waals surface area contributed by atoms with E-state index in [1.54, 1.807) is 31.4 Å². The van der Waals surface area contributed by atoms with Gasteiger partial charge in [-0.2, -0.15) is 0 Å². The molecule has 184 valence electrons. The third-order valence-electron chi connectivity index (χ3n) is 6.16. The summed E-state index contributed by atoms with van der Waals surface area (Å²) in [5, 5.41) is 9.60. The van der Waals surface area contributed by atoms with Crippen molar-refractivity contribution in [1.82, 2.24) is 20.9 Å². The van der Waals surface area contributed by atoms with Gasteiger partial charge in [-0.1, -0.05) is 19.3 Å². The molecule has 1 aliphatic carbocycles. The summed E-state index contributed by atoms with van der Waals surface area (Å²) in [5.74, 6) is 1.87. The van der Waals surface area contributed by atoms with Crippen molar-refractivity contribution in [2.45, 2.75) is 51.5 Å². The molecule has 8 nitrogen and oxygen atoms in total. The zero-order valence-corrected chi connectivity index (χ0v) is 22.1. The van der Waals surface area contributed by atoms with E-state index >= 15 is 0 Å². The Kier molecular flexibility index (Phi) is 11.8. The number of aliphatic imine (C=N–C) groups is 1. The fraction of sp³-hybridized carbons (Fsp3) is 0.625. The van der Waals surface area contributed by atoms with E-state index in [-0.39, 0.29) is 41.8 Å². The Labute approximate surface area is 214 Å². The van der Waals surface area contributed by atoms with Crippen LogP contribution in [0.1, 0.15) is 55.8 Å². The number of likely N-dealkylation sites (tertiary alicyclic amines) is 1. The van der Waals surface area contributed by atoms with Gasteiger partial charge in [0.25, 0.3) is 5.91 Å². The lowest BCUT2D eigenvalue weighted by Gasteiger charge is -2.26. The van der Waals surface area contributed by atoms with Gasteiger partial charge in [-0.05, 0) is 50.5 Å². The van der Waals surface area contributed by atoms with Gasteiger partial charge in [0, 0.05) is 43.7 Å². The monoisotopic (exact) mass is 571 g/mol. The molecule has 1 saturated heterocycles. The number of guanidine groups is 1. The van der Waals surface area contributed by atoms with Gasteiger partial charge in [0.05, 0.1) is 13.7 Å². The van der Waals surface area contributed by atoms with E-state index in [9.17, 15) is 9.59 Å².